The Labute approximate surface area is 154 Å². The molecule has 3 nitrogen and oxygen atoms in total. The van der Waals surface area contributed by atoms with Gasteiger partial charge in [0.05, 0.1) is 16.5 Å². The summed E-state index contributed by atoms with van der Waals surface area (Å²) in [7, 11) is 0. The summed E-state index contributed by atoms with van der Waals surface area (Å²) in [6, 6.07) is 18.6. The molecule has 0 spiro atoms. The zero-order valence-corrected chi connectivity index (χ0v) is 14.6. The Bertz CT molecular complexity index is 1100. The second kappa shape index (κ2) is 6.43. The maximum absolute atomic E-state index is 12.3. The predicted molar refractivity (Wildman–Crippen MR) is 103 cm³/mol. The van der Waals surface area contributed by atoms with Crippen molar-refractivity contribution >= 4 is 56.7 Å². The van der Waals surface area contributed by atoms with Crippen molar-refractivity contribution in [2.24, 2.45) is 0 Å². The fraction of sp³-hybridized carbons (Fsp3) is 0.0500. The van der Waals surface area contributed by atoms with Gasteiger partial charge in [0.2, 0.25) is 5.91 Å². The van der Waals surface area contributed by atoms with Crippen LogP contribution >= 0.6 is 23.2 Å². The first kappa shape index (κ1) is 16.0. The third-order valence-electron chi connectivity index (χ3n) is 4.01. The third kappa shape index (κ3) is 3.21. The van der Waals surface area contributed by atoms with Crippen molar-refractivity contribution < 1.29 is 9.21 Å². The molecule has 0 saturated carbocycles. The van der Waals surface area contributed by atoms with Gasteiger partial charge in [0.25, 0.3) is 0 Å². The van der Waals surface area contributed by atoms with Crippen LogP contribution in [0.15, 0.2) is 65.1 Å². The third-order valence-corrected chi connectivity index (χ3v) is 4.75. The summed E-state index contributed by atoms with van der Waals surface area (Å²) < 4.78 is 5.79. The minimum Gasteiger partial charge on any atom is -0.456 e. The van der Waals surface area contributed by atoms with E-state index >= 15 is 0 Å². The van der Waals surface area contributed by atoms with E-state index in [1.54, 1.807) is 18.2 Å². The molecule has 0 aliphatic carbocycles. The molecular weight excluding hydrogens is 357 g/mol. The minimum atomic E-state index is -0.120. The van der Waals surface area contributed by atoms with E-state index in [2.05, 4.69) is 5.32 Å². The van der Waals surface area contributed by atoms with E-state index < -0.39 is 0 Å². The van der Waals surface area contributed by atoms with Crippen LogP contribution in [0.3, 0.4) is 0 Å². The van der Waals surface area contributed by atoms with Crippen LogP contribution in [0.5, 0.6) is 0 Å². The van der Waals surface area contributed by atoms with Crippen LogP contribution in [0.1, 0.15) is 5.56 Å². The number of amides is 1. The van der Waals surface area contributed by atoms with Crippen LogP contribution < -0.4 is 5.32 Å². The summed E-state index contributed by atoms with van der Waals surface area (Å²) in [5.74, 6) is -0.120. The largest absolute Gasteiger partial charge is 0.456 e. The molecule has 0 atom stereocenters. The van der Waals surface area contributed by atoms with Crippen molar-refractivity contribution in [3.05, 3.63) is 76.3 Å². The zero-order chi connectivity index (χ0) is 17.4. The molecule has 1 heterocycles. The molecule has 1 amide bonds. The number of rotatable bonds is 3. The van der Waals surface area contributed by atoms with E-state index in [1.165, 1.54) is 0 Å². The van der Waals surface area contributed by atoms with Gasteiger partial charge in [-0.15, -0.1) is 0 Å². The fourth-order valence-corrected chi connectivity index (χ4v) is 3.16. The van der Waals surface area contributed by atoms with Crippen molar-refractivity contribution in [2.75, 3.05) is 5.32 Å². The molecular formula is C20H13Cl2NO2. The second-order valence-corrected chi connectivity index (χ2v) is 6.60. The monoisotopic (exact) mass is 369 g/mol. The highest BCUT2D eigenvalue weighted by molar-refractivity contribution is 6.42. The van der Waals surface area contributed by atoms with E-state index in [9.17, 15) is 4.79 Å². The molecule has 0 unspecified atom stereocenters. The van der Waals surface area contributed by atoms with Gasteiger partial charge in [0, 0.05) is 16.5 Å². The number of anilines is 1. The molecule has 0 fully saturated rings. The van der Waals surface area contributed by atoms with Crippen LogP contribution in [0.2, 0.25) is 10.0 Å². The van der Waals surface area contributed by atoms with Gasteiger partial charge in [-0.25, -0.2) is 0 Å². The first-order chi connectivity index (χ1) is 12.1. The normalized spacial score (nSPS) is 11.1. The first-order valence-electron chi connectivity index (χ1n) is 7.75. The van der Waals surface area contributed by atoms with Crippen molar-refractivity contribution in [2.45, 2.75) is 6.42 Å². The van der Waals surface area contributed by atoms with E-state index in [-0.39, 0.29) is 12.3 Å². The number of para-hydroxylation sites is 1. The maximum Gasteiger partial charge on any atom is 0.228 e. The topological polar surface area (TPSA) is 42.2 Å². The quantitative estimate of drug-likeness (QED) is 0.475. The predicted octanol–water partition coefficient (Wildman–Crippen LogP) is 6.07. The summed E-state index contributed by atoms with van der Waals surface area (Å²) in [5.41, 5.74) is 3.16. The molecule has 4 aromatic rings. The zero-order valence-electron chi connectivity index (χ0n) is 13.1. The van der Waals surface area contributed by atoms with Crippen molar-refractivity contribution in [1.29, 1.82) is 0 Å². The average Bonchev–Trinajstić information content (AvgIpc) is 2.96. The van der Waals surface area contributed by atoms with E-state index in [4.69, 9.17) is 27.6 Å². The summed E-state index contributed by atoms with van der Waals surface area (Å²) >= 11 is 11.9. The van der Waals surface area contributed by atoms with Gasteiger partial charge in [-0.3, -0.25) is 4.79 Å². The molecule has 0 saturated heterocycles. The lowest BCUT2D eigenvalue weighted by atomic mass is 10.1. The van der Waals surface area contributed by atoms with Gasteiger partial charge in [-0.1, -0.05) is 47.5 Å². The Morgan fingerprint density at radius 2 is 1.68 bits per heavy atom. The Hall–Kier alpha value is -2.49. The number of halogens is 2. The van der Waals surface area contributed by atoms with Crippen LogP contribution in [0.25, 0.3) is 21.9 Å². The number of furan rings is 1. The highest BCUT2D eigenvalue weighted by Crippen LogP contribution is 2.30. The number of fused-ring (bicyclic) bond motifs is 3. The van der Waals surface area contributed by atoms with Crippen molar-refractivity contribution in [3.63, 3.8) is 0 Å². The average molecular weight is 370 g/mol. The number of benzene rings is 3. The number of nitrogens with one attached hydrogen (secondary N) is 1. The Balaban J connectivity index is 1.58. The summed E-state index contributed by atoms with van der Waals surface area (Å²) in [5, 5.41) is 5.83. The molecule has 1 N–H and O–H groups in total. The molecule has 0 aliphatic rings. The van der Waals surface area contributed by atoms with Crippen molar-refractivity contribution in [3.8, 4) is 0 Å². The van der Waals surface area contributed by atoms with Crippen LogP contribution in [0, 0.1) is 0 Å². The molecule has 5 heteroatoms. The Kier molecular flexibility index (Phi) is 4.12. The van der Waals surface area contributed by atoms with Gasteiger partial charge in [0.15, 0.2) is 0 Å². The minimum absolute atomic E-state index is 0.120. The standard InChI is InChI=1S/C20H13Cl2NO2/c21-16-7-5-12(9-17(16)22)10-20(24)23-13-6-8-19-15(11-13)14-3-1-2-4-18(14)25-19/h1-9,11H,10H2,(H,23,24). The lowest BCUT2D eigenvalue weighted by Crippen LogP contribution is -2.14. The SMILES string of the molecule is O=C(Cc1ccc(Cl)c(Cl)c1)Nc1ccc2oc3ccccc3c2c1. The van der Waals surface area contributed by atoms with Gasteiger partial charge < -0.3 is 9.73 Å². The second-order valence-electron chi connectivity index (χ2n) is 5.78. The number of carbonyl (C=O) groups is 1. The van der Waals surface area contributed by atoms with Crippen molar-refractivity contribution in [1.82, 2.24) is 0 Å². The van der Waals surface area contributed by atoms with Gasteiger partial charge in [0.1, 0.15) is 11.2 Å². The lowest BCUT2D eigenvalue weighted by molar-refractivity contribution is -0.115. The highest BCUT2D eigenvalue weighted by Gasteiger charge is 2.10. The fourth-order valence-electron chi connectivity index (χ4n) is 2.84. The molecule has 3 aromatic carbocycles. The van der Waals surface area contributed by atoms with E-state index in [0.29, 0.717) is 10.0 Å². The molecule has 0 radical (unpaired) electrons. The number of hydrogen-bond donors (Lipinski definition) is 1. The van der Waals surface area contributed by atoms with Gasteiger partial charge in [-0.2, -0.15) is 0 Å². The maximum atomic E-state index is 12.3. The van der Waals surface area contributed by atoms with Crippen LogP contribution in [0.4, 0.5) is 5.69 Å². The molecule has 25 heavy (non-hydrogen) atoms. The first-order valence-corrected chi connectivity index (χ1v) is 8.51. The summed E-state index contributed by atoms with van der Waals surface area (Å²) in [6.07, 6.45) is 0.223. The molecule has 124 valence electrons. The van der Waals surface area contributed by atoms with E-state index in [1.807, 2.05) is 42.5 Å². The molecule has 4 rings (SSSR count). The van der Waals surface area contributed by atoms with Crippen LogP contribution in [-0.2, 0) is 11.2 Å². The Morgan fingerprint density at radius 3 is 2.52 bits per heavy atom. The van der Waals surface area contributed by atoms with Gasteiger partial charge >= 0.3 is 0 Å². The smallest absolute Gasteiger partial charge is 0.228 e. The lowest BCUT2D eigenvalue weighted by Gasteiger charge is -2.06. The Morgan fingerprint density at radius 1 is 0.880 bits per heavy atom. The summed E-state index contributed by atoms with van der Waals surface area (Å²) in [4.78, 5) is 12.3. The number of hydrogen-bond acceptors (Lipinski definition) is 2. The molecule has 0 bridgehead atoms. The van der Waals surface area contributed by atoms with Crippen LogP contribution in [-0.4, -0.2) is 5.91 Å². The summed E-state index contributed by atoms with van der Waals surface area (Å²) in [6.45, 7) is 0. The highest BCUT2D eigenvalue weighted by atomic mass is 35.5. The number of carbonyl (C=O) groups excluding carboxylic acids is 1. The van der Waals surface area contributed by atoms with Gasteiger partial charge in [-0.05, 0) is 42.0 Å². The molecule has 1 aromatic heterocycles. The van der Waals surface area contributed by atoms with E-state index in [0.717, 1.165) is 33.2 Å². The molecule has 0 aliphatic heterocycles.